The zero-order valence-electron chi connectivity index (χ0n) is 12.1. The Morgan fingerprint density at radius 2 is 2.20 bits per heavy atom. The van der Waals surface area contributed by atoms with Gasteiger partial charge in [0.1, 0.15) is 5.01 Å². The third-order valence-electron chi connectivity index (χ3n) is 3.90. The van der Waals surface area contributed by atoms with E-state index < -0.39 is 0 Å². The molecule has 1 aromatic heterocycles. The molecule has 1 unspecified atom stereocenters. The van der Waals surface area contributed by atoms with Crippen molar-refractivity contribution in [3.8, 4) is 0 Å². The van der Waals surface area contributed by atoms with E-state index in [1.807, 2.05) is 11.6 Å². The Balaban J connectivity index is 1.83. The number of rotatable bonds is 7. The SMILES string of the molecule is NCCCCCCC(=O)N1CCCCC1c1nccs1. The highest BCUT2D eigenvalue weighted by atomic mass is 32.1. The first-order valence-corrected chi connectivity index (χ1v) is 8.60. The van der Waals surface area contributed by atoms with Crippen molar-refractivity contribution in [3.63, 3.8) is 0 Å². The van der Waals surface area contributed by atoms with Crippen molar-refractivity contribution in [2.75, 3.05) is 13.1 Å². The number of nitrogens with two attached hydrogens (primary N) is 1. The predicted octanol–water partition coefficient (Wildman–Crippen LogP) is 3.11. The third kappa shape index (κ3) is 4.28. The van der Waals surface area contributed by atoms with E-state index in [1.165, 1.54) is 6.42 Å². The van der Waals surface area contributed by atoms with E-state index in [4.69, 9.17) is 5.73 Å². The number of hydrogen-bond donors (Lipinski definition) is 1. The first kappa shape index (κ1) is 15.4. The van der Waals surface area contributed by atoms with Crippen molar-refractivity contribution in [2.45, 2.75) is 57.4 Å². The molecule has 2 rings (SSSR count). The van der Waals surface area contributed by atoms with E-state index in [2.05, 4.69) is 9.88 Å². The number of thiazole rings is 1. The molecular weight excluding hydrogens is 270 g/mol. The second-order valence-corrected chi connectivity index (χ2v) is 6.35. The quantitative estimate of drug-likeness (QED) is 0.786. The van der Waals surface area contributed by atoms with Gasteiger partial charge < -0.3 is 10.6 Å². The minimum absolute atomic E-state index is 0.222. The monoisotopic (exact) mass is 295 g/mol. The molecular formula is C15H25N3OS. The summed E-state index contributed by atoms with van der Waals surface area (Å²) in [7, 11) is 0. The van der Waals surface area contributed by atoms with Crippen LogP contribution in [0.25, 0.3) is 0 Å². The molecule has 0 bridgehead atoms. The normalized spacial score (nSPS) is 19.2. The molecule has 5 heteroatoms. The van der Waals surface area contributed by atoms with Gasteiger partial charge in [-0.15, -0.1) is 11.3 Å². The summed E-state index contributed by atoms with van der Waals surface area (Å²) in [4.78, 5) is 18.9. The minimum Gasteiger partial charge on any atom is -0.333 e. The first-order chi connectivity index (χ1) is 9.83. The Hall–Kier alpha value is -0.940. The van der Waals surface area contributed by atoms with Crippen molar-refractivity contribution < 1.29 is 4.79 Å². The number of unbranched alkanes of at least 4 members (excludes halogenated alkanes) is 3. The Kier molecular flexibility index (Phi) is 6.47. The Labute approximate surface area is 125 Å². The van der Waals surface area contributed by atoms with Crippen LogP contribution < -0.4 is 5.73 Å². The highest BCUT2D eigenvalue weighted by Crippen LogP contribution is 2.32. The van der Waals surface area contributed by atoms with Crippen LogP contribution in [-0.4, -0.2) is 28.9 Å². The van der Waals surface area contributed by atoms with Crippen molar-refractivity contribution in [1.29, 1.82) is 0 Å². The van der Waals surface area contributed by atoms with Crippen LogP contribution in [0.2, 0.25) is 0 Å². The van der Waals surface area contributed by atoms with Crippen LogP contribution in [0.4, 0.5) is 0 Å². The molecule has 0 spiro atoms. The van der Waals surface area contributed by atoms with Crippen LogP contribution >= 0.6 is 11.3 Å². The molecule has 1 aliphatic rings. The van der Waals surface area contributed by atoms with Crippen LogP contribution in [0, 0.1) is 0 Å². The van der Waals surface area contributed by atoms with Crippen LogP contribution in [0.15, 0.2) is 11.6 Å². The van der Waals surface area contributed by atoms with E-state index in [-0.39, 0.29) is 6.04 Å². The highest BCUT2D eigenvalue weighted by Gasteiger charge is 2.28. The lowest BCUT2D eigenvalue weighted by atomic mass is 10.0. The minimum atomic E-state index is 0.222. The van der Waals surface area contributed by atoms with Gasteiger partial charge >= 0.3 is 0 Å². The number of amides is 1. The summed E-state index contributed by atoms with van der Waals surface area (Å²) >= 11 is 1.67. The summed E-state index contributed by atoms with van der Waals surface area (Å²) < 4.78 is 0. The van der Waals surface area contributed by atoms with E-state index in [0.29, 0.717) is 12.3 Å². The molecule has 0 aliphatic carbocycles. The molecule has 2 N–H and O–H groups in total. The van der Waals surface area contributed by atoms with E-state index in [9.17, 15) is 4.79 Å². The molecule has 0 radical (unpaired) electrons. The Morgan fingerprint density at radius 1 is 1.35 bits per heavy atom. The van der Waals surface area contributed by atoms with Gasteiger partial charge in [-0.25, -0.2) is 4.98 Å². The van der Waals surface area contributed by atoms with Crippen molar-refractivity contribution >= 4 is 17.2 Å². The molecule has 112 valence electrons. The molecule has 1 aromatic rings. The second-order valence-electron chi connectivity index (χ2n) is 5.42. The van der Waals surface area contributed by atoms with Gasteiger partial charge in [-0.2, -0.15) is 0 Å². The maximum absolute atomic E-state index is 12.4. The maximum atomic E-state index is 12.4. The van der Waals surface area contributed by atoms with E-state index >= 15 is 0 Å². The number of carbonyl (C=O) groups excluding carboxylic acids is 1. The summed E-state index contributed by atoms with van der Waals surface area (Å²) in [5, 5.41) is 3.10. The standard InChI is InChI=1S/C15H25N3OS/c16-9-5-2-1-3-8-14(19)18-11-6-4-7-13(18)15-17-10-12-20-15/h10,12-13H,1-9,11,16H2. The van der Waals surface area contributed by atoms with Crippen molar-refractivity contribution in [3.05, 3.63) is 16.6 Å². The number of nitrogens with zero attached hydrogens (tertiary/aromatic N) is 2. The lowest BCUT2D eigenvalue weighted by Crippen LogP contribution is -2.38. The number of hydrogen-bond acceptors (Lipinski definition) is 4. The smallest absolute Gasteiger partial charge is 0.223 e. The van der Waals surface area contributed by atoms with Gasteiger partial charge in [0.2, 0.25) is 5.91 Å². The summed E-state index contributed by atoms with van der Waals surface area (Å²) in [6.07, 6.45) is 10.2. The third-order valence-corrected chi connectivity index (χ3v) is 4.78. The topological polar surface area (TPSA) is 59.2 Å². The Morgan fingerprint density at radius 3 is 2.95 bits per heavy atom. The van der Waals surface area contributed by atoms with Crippen molar-refractivity contribution in [1.82, 2.24) is 9.88 Å². The Bertz CT molecular complexity index is 394. The summed E-state index contributed by atoms with van der Waals surface area (Å²) in [6.45, 7) is 1.65. The van der Waals surface area contributed by atoms with Crippen LogP contribution in [0.1, 0.15) is 62.4 Å². The summed E-state index contributed by atoms with van der Waals surface area (Å²) in [5.74, 6) is 0.303. The fourth-order valence-electron chi connectivity index (χ4n) is 2.80. The predicted molar refractivity (Wildman–Crippen MR) is 82.6 cm³/mol. The largest absolute Gasteiger partial charge is 0.333 e. The molecule has 1 atom stereocenters. The van der Waals surface area contributed by atoms with Gasteiger partial charge in [-0.05, 0) is 38.6 Å². The lowest BCUT2D eigenvalue weighted by Gasteiger charge is -2.34. The van der Waals surface area contributed by atoms with Gasteiger partial charge in [-0.3, -0.25) is 4.79 Å². The molecule has 2 heterocycles. The fourth-order valence-corrected chi connectivity index (χ4v) is 3.59. The van der Waals surface area contributed by atoms with Crippen molar-refractivity contribution in [2.24, 2.45) is 5.73 Å². The molecule has 1 amide bonds. The van der Waals surface area contributed by atoms with Crippen LogP contribution in [0.5, 0.6) is 0 Å². The number of carbonyl (C=O) groups is 1. The highest BCUT2D eigenvalue weighted by molar-refractivity contribution is 7.09. The van der Waals surface area contributed by atoms with Gasteiger partial charge in [0, 0.05) is 24.5 Å². The molecule has 1 saturated heterocycles. The second kappa shape index (κ2) is 8.37. The zero-order valence-corrected chi connectivity index (χ0v) is 12.9. The molecule has 0 aromatic carbocycles. The molecule has 0 saturated carbocycles. The van der Waals surface area contributed by atoms with E-state index in [0.717, 1.165) is 56.6 Å². The maximum Gasteiger partial charge on any atom is 0.223 e. The molecule has 20 heavy (non-hydrogen) atoms. The summed E-state index contributed by atoms with van der Waals surface area (Å²) in [6, 6.07) is 0.222. The van der Waals surface area contributed by atoms with Gasteiger partial charge in [0.05, 0.1) is 6.04 Å². The van der Waals surface area contributed by atoms with Gasteiger partial charge in [-0.1, -0.05) is 12.8 Å². The number of likely N-dealkylation sites (tertiary alicyclic amines) is 1. The van der Waals surface area contributed by atoms with E-state index in [1.54, 1.807) is 11.3 Å². The van der Waals surface area contributed by atoms with Gasteiger partial charge in [0.15, 0.2) is 0 Å². The molecule has 1 fully saturated rings. The zero-order chi connectivity index (χ0) is 14.2. The average molecular weight is 295 g/mol. The fraction of sp³-hybridized carbons (Fsp3) is 0.733. The van der Waals surface area contributed by atoms with Crippen LogP contribution in [-0.2, 0) is 4.79 Å². The first-order valence-electron chi connectivity index (χ1n) is 7.72. The summed E-state index contributed by atoms with van der Waals surface area (Å²) in [5.41, 5.74) is 5.48. The molecule has 4 nitrogen and oxygen atoms in total. The lowest BCUT2D eigenvalue weighted by molar-refractivity contribution is -0.135. The number of piperidine rings is 1. The number of aromatic nitrogens is 1. The van der Waals surface area contributed by atoms with Crippen LogP contribution in [0.3, 0.4) is 0 Å². The average Bonchev–Trinajstić information content (AvgIpc) is 3.01. The molecule has 1 aliphatic heterocycles. The van der Waals surface area contributed by atoms with Gasteiger partial charge in [0.25, 0.3) is 0 Å².